The van der Waals surface area contributed by atoms with Crippen LogP contribution in [-0.4, -0.2) is 22.0 Å². The molecule has 0 radical (unpaired) electrons. The minimum Gasteiger partial charge on any atom is -0.450 e. The third-order valence-corrected chi connectivity index (χ3v) is 4.29. The van der Waals surface area contributed by atoms with Crippen LogP contribution in [0.2, 0.25) is 0 Å². The number of nitro benzene ring substituents is 2. The van der Waals surface area contributed by atoms with Crippen molar-refractivity contribution in [2.75, 3.05) is 0 Å². The third-order valence-electron chi connectivity index (χ3n) is 4.29. The molecule has 13 heteroatoms. The summed E-state index contributed by atoms with van der Waals surface area (Å²) in [6.45, 7) is 0. The number of non-ortho nitro benzene ring substituents is 1. The second-order valence-electron chi connectivity index (χ2n) is 6.62. The van der Waals surface area contributed by atoms with Crippen LogP contribution in [0.4, 0.5) is 24.5 Å². The summed E-state index contributed by atoms with van der Waals surface area (Å²) in [4.78, 5) is 32.4. The maximum atomic E-state index is 12.8. The number of alkyl halides is 3. The SMILES string of the molecule is O=C(N/N=C\c1ccc(Oc2ccc([N+](=O)[O-])cc2[N+](=O)[O-])cc1)c1cccc(C(F)(F)F)c1. The number of carbonyl (C=O) groups is 1. The van der Waals surface area contributed by atoms with Gasteiger partial charge in [-0.3, -0.25) is 25.0 Å². The molecule has 0 aliphatic heterocycles. The fourth-order valence-electron chi connectivity index (χ4n) is 2.66. The van der Waals surface area contributed by atoms with E-state index in [4.69, 9.17) is 4.74 Å². The molecule has 3 aromatic carbocycles. The van der Waals surface area contributed by atoms with E-state index in [1.807, 2.05) is 0 Å². The Balaban J connectivity index is 1.66. The van der Waals surface area contributed by atoms with Crippen molar-refractivity contribution >= 4 is 23.5 Å². The largest absolute Gasteiger partial charge is 0.450 e. The van der Waals surface area contributed by atoms with E-state index in [0.29, 0.717) is 11.6 Å². The van der Waals surface area contributed by atoms with Crippen molar-refractivity contribution in [2.24, 2.45) is 5.10 Å². The summed E-state index contributed by atoms with van der Waals surface area (Å²) in [6.07, 6.45) is -3.36. The first-order valence-electron chi connectivity index (χ1n) is 9.26. The van der Waals surface area contributed by atoms with Crippen LogP contribution in [0.3, 0.4) is 0 Å². The molecule has 1 amide bonds. The highest BCUT2D eigenvalue weighted by Gasteiger charge is 2.30. The highest BCUT2D eigenvalue weighted by Crippen LogP contribution is 2.34. The average Bonchev–Trinajstić information content (AvgIpc) is 2.79. The number of benzene rings is 3. The van der Waals surface area contributed by atoms with Gasteiger partial charge < -0.3 is 4.74 Å². The van der Waals surface area contributed by atoms with Gasteiger partial charge in [-0.25, -0.2) is 5.43 Å². The number of amides is 1. The van der Waals surface area contributed by atoms with E-state index < -0.39 is 38.9 Å². The molecular weight excluding hydrogens is 461 g/mol. The Kier molecular flexibility index (Phi) is 6.85. The monoisotopic (exact) mass is 474 g/mol. The lowest BCUT2D eigenvalue weighted by molar-refractivity contribution is -0.394. The van der Waals surface area contributed by atoms with Crippen molar-refractivity contribution < 1.29 is 32.5 Å². The van der Waals surface area contributed by atoms with Crippen LogP contribution in [0, 0.1) is 20.2 Å². The fraction of sp³-hybridized carbons (Fsp3) is 0.0476. The van der Waals surface area contributed by atoms with Gasteiger partial charge in [-0.2, -0.15) is 18.3 Å². The first-order chi connectivity index (χ1) is 16.0. The summed E-state index contributed by atoms with van der Waals surface area (Å²) in [5, 5.41) is 25.7. The maximum Gasteiger partial charge on any atom is 0.416 e. The molecule has 10 nitrogen and oxygen atoms in total. The van der Waals surface area contributed by atoms with Gasteiger partial charge in [-0.05, 0) is 54.1 Å². The van der Waals surface area contributed by atoms with Crippen molar-refractivity contribution in [1.82, 2.24) is 5.43 Å². The van der Waals surface area contributed by atoms with Gasteiger partial charge in [0, 0.05) is 11.6 Å². The molecule has 0 fully saturated rings. The van der Waals surface area contributed by atoms with Gasteiger partial charge in [0.1, 0.15) is 5.75 Å². The molecule has 0 spiro atoms. The summed E-state index contributed by atoms with van der Waals surface area (Å²) in [5.41, 5.74) is 0.351. The fourth-order valence-corrected chi connectivity index (χ4v) is 2.66. The van der Waals surface area contributed by atoms with Crippen molar-refractivity contribution in [3.63, 3.8) is 0 Å². The smallest absolute Gasteiger partial charge is 0.416 e. The number of hydrogen-bond donors (Lipinski definition) is 1. The summed E-state index contributed by atoms with van der Waals surface area (Å²) in [5.74, 6) is -0.861. The van der Waals surface area contributed by atoms with Gasteiger partial charge in [-0.15, -0.1) is 0 Å². The zero-order valence-corrected chi connectivity index (χ0v) is 16.9. The quantitative estimate of drug-likeness (QED) is 0.288. The van der Waals surface area contributed by atoms with Gasteiger partial charge in [0.2, 0.25) is 5.75 Å². The van der Waals surface area contributed by atoms with Crippen LogP contribution in [-0.2, 0) is 6.18 Å². The van der Waals surface area contributed by atoms with Crippen LogP contribution in [0.25, 0.3) is 0 Å². The molecule has 0 aliphatic carbocycles. The second-order valence-corrected chi connectivity index (χ2v) is 6.62. The topological polar surface area (TPSA) is 137 Å². The molecule has 0 aliphatic rings. The van der Waals surface area contributed by atoms with Crippen LogP contribution in [0.1, 0.15) is 21.5 Å². The summed E-state index contributed by atoms with van der Waals surface area (Å²) in [6, 6.07) is 12.7. The molecule has 3 rings (SSSR count). The van der Waals surface area contributed by atoms with Gasteiger partial charge in [0.25, 0.3) is 11.6 Å². The molecule has 0 atom stereocenters. The molecule has 0 unspecified atom stereocenters. The number of nitrogens with one attached hydrogen (secondary N) is 1. The van der Waals surface area contributed by atoms with Crippen LogP contribution in [0.15, 0.2) is 71.8 Å². The molecule has 1 N–H and O–H groups in total. The lowest BCUT2D eigenvalue weighted by Crippen LogP contribution is -2.18. The highest BCUT2D eigenvalue weighted by molar-refractivity contribution is 5.95. The Morgan fingerprint density at radius 3 is 2.29 bits per heavy atom. The standard InChI is InChI=1S/C21H13F3N4O6/c22-21(23,24)15-3-1-2-14(10-15)20(29)26-25-12-13-4-7-17(8-5-13)34-19-9-6-16(27(30)31)11-18(19)28(32)33/h1-12H,(H,26,29)/b25-12-. The molecule has 0 heterocycles. The lowest BCUT2D eigenvalue weighted by atomic mass is 10.1. The summed E-state index contributed by atoms with van der Waals surface area (Å²) >= 11 is 0. The van der Waals surface area contributed by atoms with Crippen molar-refractivity contribution in [1.29, 1.82) is 0 Å². The normalized spacial score (nSPS) is 11.3. The molecule has 34 heavy (non-hydrogen) atoms. The number of hydrazone groups is 1. The van der Waals surface area contributed by atoms with Gasteiger partial charge in [0.05, 0.1) is 27.7 Å². The first kappa shape index (κ1) is 23.8. The summed E-state index contributed by atoms with van der Waals surface area (Å²) < 4.78 is 43.7. The van der Waals surface area contributed by atoms with Crippen molar-refractivity contribution in [2.45, 2.75) is 6.18 Å². The molecule has 0 bridgehead atoms. The molecule has 3 aromatic rings. The molecule has 0 saturated heterocycles. The Labute approximate surface area is 188 Å². The molecule has 0 aromatic heterocycles. The number of ether oxygens (including phenoxy) is 1. The lowest BCUT2D eigenvalue weighted by Gasteiger charge is -2.07. The molecule has 0 saturated carbocycles. The Hall–Kier alpha value is -4.81. The zero-order chi connectivity index (χ0) is 24.9. The van der Waals surface area contributed by atoms with E-state index in [0.717, 1.165) is 30.3 Å². The minimum absolute atomic E-state index is 0.183. The van der Waals surface area contributed by atoms with E-state index in [2.05, 4.69) is 10.5 Å². The molecular formula is C21H13F3N4O6. The van der Waals surface area contributed by atoms with Gasteiger partial charge >= 0.3 is 11.9 Å². The highest BCUT2D eigenvalue weighted by atomic mass is 19.4. The number of rotatable bonds is 7. The van der Waals surface area contributed by atoms with Crippen molar-refractivity contribution in [3.05, 3.63) is 104 Å². The number of nitrogens with zero attached hydrogens (tertiary/aromatic N) is 3. The average molecular weight is 474 g/mol. The number of hydrogen-bond acceptors (Lipinski definition) is 7. The van der Waals surface area contributed by atoms with E-state index >= 15 is 0 Å². The third kappa shape index (κ3) is 5.91. The van der Waals surface area contributed by atoms with E-state index in [-0.39, 0.29) is 17.1 Å². The van der Waals surface area contributed by atoms with Crippen molar-refractivity contribution in [3.8, 4) is 11.5 Å². The maximum absolute atomic E-state index is 12.8. The van der Waals surface area contributed by atoms with E-state index in [9.17, 15) is 38.2 Å². The number of halogens is 3. The Bertz CT molecular complexity index is 1280. The Morgan fingerprint density at radius 1 is 0.971 bits per heavy atom. The van der Waals surface area contributed by atoms with Crippen LogP contribution < -0.4 is 10.2 Å². The predicted octanol–water partition coefficient (Wildman–Crippen LogP) is 5.08. The number of nitro groups is 2. The van der Waals surface area contributed by atoms with Crippen LogP contribution >= 0.6 is 0 Å². The minimum atomic E-state index is -4.59. The second kappa shape index (κ2) is 9.77. The van der Waals surface area contributed by atoms with E-state index in [1.165, 1.54) is 36.5 Å². The predicted molar refractivity (Wildman–Crippen MR) is 113 cm³/mol. The zero-order valence-electron chi connectivity index (χ0n) is 16.9. The van der Waals surface area contributed by atoms with Crippen LogP contribution in [0.5, 0.6) is 11.5 Å². The van der Waals surface area contributed by atoms with E-state index in [1.54, 1.807) is 0 Å². The van der Waals surface area contributed by atoms with Gasteiger partial charge in [-0.1, -0.05) is 6.07 Å². The summed E-state index contributed by atoms with van der Waals surface area (Å²) in [7, 11) is 0. The Morgan fingerprint density at radius 2 is 1.68 bits per heavy atom. The van der Waals surface area contributed by atoms with Gasteiger partial charge in [0.15, 0.2) is 0 Å². The first-order valence-corrected chi connectivity index (χ1v) is 9.26. The number of carbonyl (C=O) groups excluding carboxylic acids is 1. The molecule has 174 valence electrons.